The van der Waals surface area contributed by atoms with E-state index >= 15 is 0 Å². The van der Waals surface area contributed by atoms with E-state index in [0.717, 1.165) is 28.8 Å². The number of halogens is 3. The van der Waals surface area contributed by atoms with Crippen molar-refractivity contribution in [3.05, 3.63) is 74.2 Å². The summed E-state index contributed by atoms with van der Waals surface area (Å²) < 4.78 is 38.9. The number of anilines is 1. The van der Waals surface area contributed by atoms with E-state index in [1.54, 1.807) is 19.1 Å². The van der Waals surface area contributed by atoms with Gasteiger partial charge >= 0.3 is 6.18 Å². The maximum Gasteiger partial charge on any atom is 0.416 e. The fourth-order valence-electron chi connectivity index (χ4n) is 2.58. The van der Waals surface area contributed by atoms with E-state index in [4.69, 9.17) is 12.2 Å². The Balaban J connectivity index is 1.96. The molecular weight excluding hydrogens is 413 g/mol. The van der Waals surface area contributed by atoms with Gasteiger partial charge in [0.25, 0.3) is 11.6 Å². The molecule has 1 fully saturated rings. The Morgan fingerprint density at radius 2 is 1.93 bits per heavy atom. The fraction of sp³-hybridized carbons (Fsp3) is 0.111. The number of benzene rings is 2. The number of nitro benzene ring substituents is 1. The van der Waals surface area contributed by atoms with Crippen molar-refractivity contribution in [3.8, 4) is 0 Å². The zero-order valence-corrected chi connectivity index (χ0v) is 15.8. The largest absolute Gasteiger partial charge is 0.416 e. The molecule has 1 saturated heterocycles. The molecule has 0 N–H and O–H groups in total. The first-order valence-corrected chi connectivity index (χ1v) is 9.00. The highest BCUT2D eigenvalue weighted by Crippen LogP contribution is 2.38. The lowest BCUT2D eigenvalue weighted by molar-refractivity contribution is -0.385. The number of aryl methyl sites for hydroxylation is 1. The molecule has 1 heterocycles. The molecule has 0 bridgehead atoms. The molecule has 0 aliphatic carbocycles. The molecule has 1 aliphatic heterocycles. The van der Waals surface area contributed by atoms with E-state index in [-0.39, 0.29) is 20.6 Å². The zero-order chi connectivity index (χ0) is 20.6. The Kier molecular flexibility index (Phi) is 5.26. The van der Waals surface area contributed by atoms with Gasteiger partial charge in [0.15, 0.2) is 4.32 Å². The summed E-state index contributed by atoms with van der Waals surface area (Å²) in [7, 11) is 0. The third-order valence-electron chi connectivity index (χ3n) is 3.95. The predicted octanol–water partition coefficient (Wildman–Crippen LogP) is 5.33. The normalized spacial score (nSPS) is 16.1. The van der Waals surface area contributed by atoms with E-state index in [2.05, 4.69) is 0 Å². The maximum atomic E-state index is 12.9. The highest BCUT2D eigenvalue weighted by atomic mass is 32.2. The van der Waals surface area contributed by atoms with Crippen LogP contribution in [0.1, 0.15) is 16.7 Å². The van der Waals surface area contributed by atoms with Crippen molar-refractivity contribution in [2.75, 3.05) is 4.90 Å². The third-order valence-corrected chi connectivity index (χ3v) is 5.26. The third kappa shape index (κ3) is 3.92. The monoisotopic (exact) mass is 424 g/mol. The SMILES string of the molecule is Cc1ccc(C=C2SC(=S)N(c3cccc(C(F)(F)F)c3)C2=O)cc1[N+](=O)[O-]. The van der Waals surface area contributed by atoms with Crippen molar-refractivity contribution in [1.29, 1.82) is 0 Å². The number of hydrogen-bond acceptors (Lipinski definition) is 5. The van der Waals surface area contributed by atoms with Gasteiger partial charge in [0.05, 0.1) is 21.1 Å². The van der Waals surface area contributed by atoms with Crippen LogP contribution in [0.25, 0.3) is 6.08 Å². The highest BCUT2D eigenvalue weighted by Gasteiger charge is 2.36. The van der Waals surface area contributed by atoms with Crippen LogP contribution < -0.4 is 4.90 Å². The van der Waals surface area contributed by atoms with Gasteiger partial charge in [-0.3, -0.25) is 19.8 Å². The average Bonchev–Trinajstić information content (AvgIpc) is 2.89. The Bertz CT molecular complexity index is 1030. The second-order valence-corrected chi connectivity index (χ2v) is 7.54. The minimum Gasteiger partial charge on any atom is -0.268 e. The molecule has 28 heavy (non-hydrogen) atoms. The van der Waals surface area contributed by atoms with Crippen LogP contribution in [0.2, 0.25) is 0 Å². The van der Waals surface area contributed by atoms with Crippen molar-refractivity contribution in [2.45, 2.75) is 13.1 Å². The second-order valence-electron chi connectivity index (χ2n) is 5.87. The molecule has 0 spiro atoms. The van der Waals surface area contributed by atoms with Gasteiger partial charge in [-0.2, -0.15) is 13.2 Å². The van der Waals surface area contributed by atoms with Gasteiger partial charge in [0.2, 0.25) is 0 Å². The standard InChI is InChI=1S/C18H11F3N2O3S2/c1-10-5-6-11(7-14(10)23(25)26)8-15-16(24)22(17(27)28-15)13-4-2-3-12(9-13)18(19,20)21/h2-9H,1H3. The Hall–Kier alpha value is -2.72. The Morgan fingerprint density at radius 1 is 1.21 bits per heavy atom. The fourth-order valence-corrected chi connectivity index (χ4v) is 3.87. The first-order valence-electron chi connectivity index (χ1n) is 7.78. The molecule has 0 unspecified atom stereocenters. The molecule has 2 aromatic rings. The van der Waals surface area contributed by atoms with Crippen LogP contribution in [0.5, 0.6) is 0 Å². The maximum absolute atomic E-state index is 12.9. The summed E-state index contributed by atoms with van der Waals surface area (Å²) in [5.41, 5.74) is -0.0876. The highest BCUT2D eigenvalue weighted by molar-refractivity contribution is 8.27. The van der Waals surface area contributed by atoms with Crippen LogP contribution in [-0.2, 0) is 11.0 Å². The number of carbonyl (C=O) groups excluding carboxylic acids is 1. The second kappa shape index (κ2) is 7.36. The number of thioether (sulfide) groups is 1. The van der Waals surface area contributed by atoms with Crippen molar-refractivity contribution in [2.24, 2.45) is 0 Å². The van der Waals surface area contributed by atoms with E-state index in [1.807, 2.05) is 0 Å². The molecule has 3 rings (SSSR count). The molecule has 0 radical (unpaired) electrons. The number of thiocarbonyl (C=S) groups is 1. The van der Waals surface area contributed by atoms with Gasteiger partial charge < -0.3 is 0 Å². The summed E-state index contributed by atoms with van der Waals surface area (Å²) in [6.45, 7) is 1.59. The van der Waals surface area contributed by atoms with Crippen LogP contribution in [0.3, 0.4) is 0 Å². The molecule has 0 aromatic heterocycles. The molecule has 10 heteroatoms. The number of carbonyl (C=O) groups is 1. The first kappa shape index (κ1) is 20.0. The van der Waals surface area contributed by atoms with Gasteiger partial charge in [-0.05, 0) is 36.8 Å². The molecule has 1 amide bonds. The minimum absolute atomic E-state index is 0.00983. The first-order chi connectivity index (χ1) is 13.1. The summed E-state index contributed by atoms with van der Waals surface area (Å²) in [6.07, 6.45) is -3.12. The van der Waals surface area contributed by atoms with Crippen LogP contribution in [0, 0.1) is 17.0 Å². The van der Waals surface area contributed by atoms with Crippen LogP contribution in [-0.4, -0.2) is 15.2 Å². The number of amides is 1. The zero-order valence-electron chi connectivity index (χ0n) is 14.2. The van der Waals surface area contributed by atoms with Gasteiger partial charge in [-0.15, -0.1) is 0 Å². The van der Waals surface area contributed by atoms with E-state index in [1.165, 1.54) is 24.3 Å². The smallest absolute Gasteiger partial charge is 0.268 e. The summed E-state index contributed by atoms with van der Waals surface area (Å²) in [5, 5.41) is 11.1. The Labute approximate surface area is 167 Å². The van der Waals surface area contributed by atoms with Crippen molar-refractivity contribution in [1.82, 2.24) is 0 Å². The summed E-state index contributed by atoms with van der Waals surface area (Å²) >= 11 is 6.08. The molecule has 0 saturated carbocycles. The lowest BCUT2D eigenvalue weighted by Crippen LogP contribution is -2.27. The molecule has 2 aromatic carbocycles. The molecule has 0 atom stereocenters. The van der Waals surface area contributed by atoms with E-state index in [9.17, 15) is 28.1 Å². The van der Waals surface area contributed by atoms with Gasteiger partial charge in [-0.25, -0.2) is 0 Å². The molecular formula is C18H11F3N2O3S2. The van der Waals surface area contributed by atoms with Gasteiger partial charge in [-0.1, -0.05) is 42.2 Å². The predicted molar refractivity (Wildman–Crippen MR) is 105 cm³/mol. The minimum atomic E-state index is -4.55. The molecule has 144 valence electrons. The number of alkyl halides is 3. The lowest BCUT2D eigenvalue weighted by Gasteiger charge is -2.16. The lowest BCUT2D eigenvalue weighted by atomic mass is 10.1. The summed E-state index contributed by atoms with van der Waals surface area (Å²) in [5.74, 6) is -0.586. The molecule has 5 nitrogen and oxygen atoms in total. The van der Waals surface area contributed by atoms with Gasteiger partial charge in [0.1, 0.15) is 0 Å². The molecule has 1 aliphatic rings. The quantitative estimate of drug-likeness (QED) is 0.289. The van der Waals surface area contributed by atoms with Crippen LogP contribution in [0.4, 0.5) is 24.5 Å². The topological polar surface area (TPSA) is 63.5 Å². The van der Waals surface area contributed by atoms with Crippen LogP contribution >= 0.6 is 24.0 Å². The van der Waals surface area contributed by atoms with Crippen molar-refractivity contribution < 1.29 is 22.9 Å². The number of nitro groups is 1. The van der Waals surface area contributed by atoms with Crippen molar-refractivity contribution in [3.63, 3.8) is 0 Å². The summed E-state index contributed by atoms with van der Waals surface area (Å²) in [6, 6.07) is 8.80. The van der Waals surface area contributed by atoms with Crippen molar-refractivity contribution >= 4 is 51.7 Å². The number of rotatable bonds is 3. The average molecular weight is 424 g/mol. The van der Waals surface area contributed by atoms with E-state index in [0.29, 0.717) is 11.1 Å². The Morgan fingerprint density at radius 3 is 2.57 bits per heavy atom. The van der Waals surface area contributed by atoms with Crippen LogP contribution in [0.15, 0.2) is 47.4 Å². The van der Waals surface area contributed by atoms with Gasteiger partial charge in [0, 0.05) is 11.6 Å². The summed E-state index contributed by atoms with van der Waals surface area (Å²) in [4.78, 5) is 24.4. The number of nitrogens with zero attached hydrogens (tertiary/aromatic N) is 2. The number of hydrogen-bond donors (Lipinski definition) is 0. The van der Waals surface area contributed by atoms with E-state index < -0.39 is 22.6 Å².